The quantitative estimate of drug-likeness (QED) is 0.768. The fourth-order valence-corrected chi connectivity index (χ4v) is 2.82. The van der Waals surface area contributed by atoms with Crippen LogP contribution >= 0.6 is 0 Å². The molecule has 1 unspecified atom stereocenters. The molecule has 0 amide bonds. The van der Waals surface area contributed by atoms with Gasteiger partial charge in [0.15, 0.2) is 0 Å². The van der Waals surface area contributed by atoms with E-state index in [9.17, 15) is 9.90 Å². The number of aliphatic hydroxyl groups excluding tert-OH is 1. The predicted octanol–water partition coefficient (Wildman–Crippen LogP) is 1.45. The maximum atomic E-state index is 11.5. The van der Waals surface area contributed by atoms with Gasteiger partial charge in [0.05, 0.1) is 12.1 Å². The summed E-state index contributed by atoms with van der Waals surface area (Å²) in [6.45, 7) is 5.78. The van der Waals surface area contributed by atoms with Gasteiger partial charge in [0.2, 0.25) is 0 Å². The van der Waals surface area contributed by atoms with Gasteiger partial charge in [0.25, 0.3) is 0 Å². The van der Waals surface area contributed by atoms with Crippen molar-refractivity contribution in [3.05, 3.63) is 0 Å². The van der Waals surface area contributed by atoms with Crippen molar-refractivity contribution in [2.24, 2.45) is 5.92 Å². The van der Waals surface area contributed by atoms with Crippen molar-refractivity contribution in [3.8, 4) is 0 Å². The Morgan fingerprint density at radius 2 is 2.13 bits per heavy atom. The number of hydrogen-bond acceptors (Lipinski definition) is 3. The molecule has 15 heavy (non-hydrogen) atoms. The minimum atomic E-state index is -0.302. The van der Waals surface area contributed by atoms with Crippen LogP contribution in [0.5, 0.6) is 0 Å². The van der Waals surface area contributed by atoms with Crippen LogP contribution in [0.2, 0.25) is 0 Å². The van der Waals surface area contributed by atoms with E-state index in [-0.39, 0.29) is 24.0 Å². The SMILES string of the molecule is CCC(O)[C@H]1[C@H](CC)C[C@H](C(C)=O)N1C. The summed E-state index contributed by atoms with van der Waals surface area (Å²) in [6, 6.07) is 0.176. The van der Waals surface area contributed by atoms with Gasteiger partial charge in [-0.3, -0.25) is 9.69 Å². The molecule has 1 rings (SSSR count). The fourth-order valence-electron chi connectivity index (χ4n) is 2.82. The van der Waals surface area contributed by atoms with Gasteiger partial charge >= 0.3 is 0 Å². The summed E-state index contributed by atoms with van der Waals surface area (Å²) in [5.41, 5.74) is 0. The molecule has 1 saturated heterocycles. The van der Waals surface area contributed by atoms with Crippen molar-refractivity contribution in [2.75, 3.05) is 7.05 Å². The molecule has 0 spiro atoms. The molecule has 0 radical (unpaired) electrons. The van der Waals surface area contributed by atoms with E-state index in [0.29, 0.717) is 5.92 Å². The van der Waals surface area contributed by atoms with Gasteiger partial charge in [-0.15, -0.1) is 0 Å². The number of likely N-dealkylation sites (tertiary alicyclic amines) is 1. The van der Waals surface area contributed by atoms with Gasteiger partial charge in [-0.25, -0.2) is 0 Å². The second-order valence-corrected chi connectivity index (χ2v) is 4.66. The largest absolute Gasteiger partial charge is 0.391 e. The van der Waals surface area contributed by atoms with Crippen LogP contribution in [0.4, 0.5) is 0 Å². The van der Waals surface area contributed by atoms with E-state index < -0.39 is 0 Å². The third kappa shape index (κ3) is 2.40. The maximum Gasteiger partial charge on any atom is 0.146 e. The maximum absolute atomic E-state index is 11.5. The van der Waals surface area contributed by atoms with E-state index in [0.717, 1.165) is 19.3 Å². The van der Waals surface area contributed by atoms with Crippen molar-refractivity contribution >= 4 is 5.78 Å². The lowest BCUT2D eigenvalue weighted by atomic mass is 9.91. The summed E-state index contributed by atoms with van der Waals surface area (Å²) in [6.07, 6.45) is 2.40. The van der Waals surface area contributed by atoms with Crippen molar-refractivity contribution in [3.63, 3.8) is 0 Å². The van der Waals surface area contributed by atoms with Crippen molar-refractivity contribution < 1.29 is 9.90 Å². The Morgan fingerprint density at radius 3 is 2.53 bits per heavy atom. The van der Waals surface area contributed by atoms with Gasteiger partial charge in [-0.1, -0.05) is 20.3 Å². The standard InChI is InChI=1S/C12H23NO2/c1-5-9-7-10(8(3)14)13(4)12(9)11(15)6-2/h9-12,15H,5-7H2,1-4H3/t9-,10-,11?,12-/m1/s1. The summed E-state index contributed by atoms with van der Waals surface area (Å²) < 4.78 is 0. The first kappa shape index (κ1) is 12.7. The molecular weight excluding hydrogens is 190 g/mol. The van der Waals surface area contributed by atoms with Gasteiger partial charge in [0, 0.05) is 6.04 Å². The Labute approximate surface area is 92.5 Å². The first-order valence-corrected chi connectivity index (χ1v) is 5.93. The van der Waals surface area contributed by atoms with Crippen molar-refractivity contribution in [1.29, 1.82) is 0 Å². The number of carbonyl (C=O) groups is 1. The number of aliphatic hydroxyl groups is 1. The molecule has 0 bridgehead atoms. The van der Waals surface area contributed by atoms with Crippen LogP contribution in [0.1, 0.15) is 40.0 Å². The van der Waals surface area contributed by atoms with Crippen LogP contribution in [0.3, 0.4) is 0 Å². The fraction of sp³-hybridized carbons (Fsp3) is 0.917. The van der Waals surface area contributed by atoms with Gasteiger partial charge < -0.3 is 5.11 Å². The summed E-state index contributed by atoms with van der Waals surface area (Å²) in [7, 11) is 1.96. The summed E-state index contributed by atoms with van der Waals surface area (Å²) in [5.74, 6) is 0.681. The van der Waals surface area contributed by atoms with Gasteiger partial charge in [0.1, 0.15) is 5.78 Å². The predicted molar refractivity (Wildman–Crippen MR) is 60.7 cm³/mol. The first-order valence-electron chi connectivity index (χ1n) is 5.93. The minimum absolute atomic E-state index is 0.0150. The number of nitrogens with zero attached hydrogens (tertiary/aromatic N) is 1. The highest BCUT2D eigenvalue weighted by atomic mass is 16.3. The van der Waals surface area contributed by atoms with E-state index in [1.54, 1.807) is 6.92 Å². The number of likely N-dealkylation sites (N-methyl/N-ethyl adjacent to an activating group) is 1. The molecule has 1 heterocycles. The third-order valence-corrected chi connectivity index (χ3v) is 3.78. The highest BCUT2D eigenvalue weighted by Gasteiger charge is 2.42. The molecule has 0 saturated carbocycles. The Bertz CT molecular complexity index is 230. The zero-order chi connectivity index (χ0) is 11.6. The van der Waals surface area contributed by atoms with Gasteiger partial charge in [-0.05, 0) is 32.7 Å². The number of Topliss-reactive ketones (excluding diaryl/α,β-unsaturated/α-hetero) is 1. The first-order chi connectivity index (χ1) is 7.02. The van der Waals surface area contributed by atoms with E-state index in [2.05, 4.69) is 11.8 Å². The molecule has 1 N–H and O–H groups in total. The average molecular weight is 213 g/mol. The molecule has 0 aromatic carbocycles. The highest BCUT2D eigenvalue weighted by molar-refractivity contribution is 5.81. The van der Waals surface area contributed by atoms with E-state index in [1.807, 2.05) is 14.0 Å². The lowest BCUT2D eigenvalue weighted by Gasteiger charge is -2.30. The average Bonchev–Trinajstić information content (AvgIpc) is 2.54. The molecule has 88 valence electrons. The topological polar surface area (TPSA) is 40.5 Å². The molecule has 1 aliphatic rings. The highest BCUT2D eigenvalue weighted by Crippen LogP contribution is 2.33. The zero-order valence-corrected chi connectivity index (χ0v) is 10.2. The normalized spacial score (nSPS) is 34.3. The van der Waals surface area contributed by atoms with Crippen LogP contribution in [-0.4, -0.2) is 41.0 Å². The number of hydrogen-bond donors (Lipinski definition) is 1. The molecule has 0 aromatic rings. The molecule has 0 aromatic heterocycles. The Hall–Kier alpha value is -0.410. The molecule has 3 heteroatoms. The van der Waals surface area contributed by atoms with Gasteiger partial charge in [-0.2, -0.15) is 0 Å². The van der Waals surface area contributed by atoms with E-state index in [4.69, 9.17) is 0 Å². The van der Waals surface area contributed by atoms with Crippen LogP contribution in [0, 0.1) is 5.92 Å². The van der Waals surface area contributed by atoms with Crippen molar-refractivity contribution in [2.45, 2.75) is 58.2 Å². The van der Waals surface area contributed by atoms with Crippen LogP contribution in [-0.2, 0) is 4.79 Å². The van der Waals surface area contributed by atoms with E-state index in [1.165, 1.54) is 0 Å². The number of rotatable bonds is 4. The van der Waals surface area contributed by atoms with Crippen molar-refractivity contribution in [1.82, 2.24) is 4.90 Å². The zero-order valence-electron chi connectivity index (χ0n) is 10.2. The Balaban J connectivity index is 2.80. The molecule has 4 atom stereocenters. The van der Waals surface area contributed by atoms with Crippen LogP contribution < -0.4 is 0 Å². The summed E-state index contributed by atoms with van der Waals surface area (Å²) in [4.78, 5) is 13.5. The summed E-state index contributed by atoms with van der Waals surface area (Å²) in [5, 5.41) is 9.98. The third-order valence-electron chi connectivity index (χ3n) is 3.78. The summed E-state index contributed by atoms with van der Waals surface area (Å²) >= 11 is 0. The number of carbonyl (C=O) groups excluding carboxylic acids is 1. The number of ketones is 1. The monoisotopic (exact) mass is 213 g/mol. The lowest BCUT2D eigenvalue weighted by molar-refractivity contribution is -0.121. The Kier molecular flexibility index (Phi) is 4.29. The van der Waals surface area contributed by atoms with E-state index >= 15 is 0 Å². The molecule has 1 fully saturated rings. The smallest absolute Gasteiger partial charge is 0.146 e. The molecule has 1 aliphatic heterocycles. The molecule has 0 aliphatic carbocycles. The Morgan fingerprint density at radius 1 is 1.53 bits per heavy atom. The van der Waals surface area contributed by atoms with Crippen LogP contribution in [0.25, 0.3) is 0 Å². The second kappa shape index (κ2) is 5.08. The van der Waals surface area contributed by atoms with Crippen LogP contribution in [0.15, 0.2) is 0 Å². The second-order valence-electron chi connectivity index (χ2n) is 4.66. The minimum Gasteiger partial charge on any atom is -0.391 e. The molecular formula is C12H23NO2. The lowest BCUT2D eigenvalue weighted by Crippen LogP contribution is -2.44. The molecule has 3 nitrogen and oxygen atoms in total.